The molecule has 0 N–H and O–H groups in total. The molecule has 0 aliphatic heterocycles. The van der Waals surface area contributed by atoms with E-state index in [1.807, 2.05) is 18.2 Å². The van der Waals surface area contributed by atoms with Crippen LogP contribution in [0.2, 0.25) is 0 Å². The first kappa shape index (κ1) is 29.5. The molecule has 2 heteroatoms. The third kappa shape index (κ3) is 5.63. The molecule has 0 aliphatic carbocycles. The van der Waals surface area contributed by atoms with E-state index < -0.39 is 0 Å². The quantitative estimate of drug-likeness (QED) is 0.173. The Morgan fingerprint density at radius 2 is 0.840 bits per heavy atom. The zero-order valence-corrected chi connectivity index (χ0v) is 27.4. The number of para-hydroxylation sites is 2. The van der Waals surface area contributed by atoms with Crippen LogP contribution in [0.4, 0.5) is 17.1 Å². The molecule has 0 saturated carbocycles. The highest BCUT2D eigenvalue weighted by molar-refractivity contribution is 5.93. The van der Waals surface area contributed by atoms with Crippen molar-refractivity contribution in [1.82, 2.24) is 0 Å². The molecule has 8 aromatic carbocycles. The fraction of sp³-hybridized carbons (Fsp3) is 0. The summed E-state index contributed by atoms with van der Waals surface area (Å²) in [5.74, 6) is 0.882. The standard InChI is InChI=1S/C48H33NO/c1-3-12-34(13-4-1)45-19-8-9-20-46(45)35-24-27-43(28-25-35)49(42-17-5-2-6-18-42)44-29-26-38-30-37(22-23-39(38)32-44)36-15-11-16-40(31-36)48-33-41-14-7-10-21-47(41)50-48/h1-33H. The Kier molecular flexibility index (Phi) is 7.53. The van der Waals surface area contributed by atoms with Gasteiger partial charge in [0, 0.05) is 28.0 Å². The summed E-state index contributed by atoms with van der Waals surface area (Å²) in [6, 6.07) is 71.1. The highest BCUT2D eigenvalue weighted by Gasteiger charge is 2.15. The first-order valence-corrected chi connectivity index (χ1v) is 17.0. The van der Waals surface area contributed by atoms with E-state index in [1.165, 1.54) is 38.6 Å². The lowest BCUT2D eigenvalue weighted by molar-refractivity contribution is 0.631. The highest BCUT2D eigenvalue weighted by atomic mass is 16.3. The Hall–Kier alpha value is -6.64. The number of anilines is 3. The second kappa shape index (κ2) is 12.8. The Morgan fingerprint density at radius 3 is 1.62 bits per heavy atom. The van der Waals surface area contributed by atoms with E-state index in [0.29, 0.717) is 0 Å². The van der Waals surface area contributed by atoms with Gasteiger partial charge in [-0.25, -0.2) is 0 Å². The number of furan rings is 1. The molecule has 0 spiro atoms. The minimum Gasteiger partial charge on any atom is -0.456 e. The predicted molar refractivity (Wildman–Crippen MR) is 210 cm³/mol. The van der Waals surface area contributed by atoms with E-state index >= 15 is 0 Å². The minimum atomic E-state index is 0.882. The lowest BCUT2D eigenvalue weighted by atomic mass is 9.94. The van der Waals surface area contributed by atoms with Gasteiger partial charge < -0.3 is 9.32 Å². The maximum absolute atomic E-state index is 6.17. The third-order valence-corrected chi connectivity index (χ3v) is 9.45. The van der Waals surface area contributed by atoms with Gasteiger partial charge in [-0.15, -0.1) is 0 Å². The van der Waals surface area contributed by atoms with Gasteiger partial charge in [-0.3, -0.25) is 0 Å². The number of fused-ring (bicyclic) bond motifs is 2. The van der Waals surface area contributed by atoms with Crippen molar-refractivity contribution < 1.29 is 4.42 Å². The normalized spacial score (nSPS) is 11.2. The van der Waals surface area contributed by atoms with Crippen LogP contribution in [0.25, 0.3) is 66.4 Å². The maximum atomic E-state index is 6.17. The first-order chi connectivity index (χ1) is 24.8. The summed E-state index contributed by atoms with van der Waals surface area (Å²) >= 11 is 0. The zero-order chi connectivity index (χ0) is 33.3. The molecule has 0 bridgehead atoms. The molecule has 236 valence electrons. The lowest BCUT2D eigenvalue weighted by Gasteiger charge is -2.26. The van der Waals surface area contributed by atoms with Crippen LogP contribution in [0.3, 0.4) is 0 Å². The summed E-state index contributed by atoms with van der Waals surface area (Å²) in [5, 5.41) is 3.50. The van der Waals surface area contributed by atoms with Gasteiger partial charge in [0.1, 0.15) is 11.3 Å². The van der Waals surface area contributed by atoms with Crippen molar-refractivity contribution in [3.63, 3.8) is 0 Å². The molecular formula is C48H33NO. The molecule has 0 saturated heterocycles. The van der Waals surface area contributed by atoms with Gasteiger partial charge in [0.15, 0.2) is 0 Å². The molecule has 9 rings (SSSR count). The van der Waals surface area contributed by atoms with Gasteiger partial charge in [0.25, 0.3) is 0 Å². The van der Waals surface area contributed by atoms with E-state index in [9.17, 15) is 0 Å². The topological polar surface area (TPSA) is 16.4 Å². The summed E-state index contributed by atoms with van der Waals surface area (Å²) in [6.07, 6.45) is 0. The minimum absolute atomic E-state index is 0.882. The van der Waals surface area contributed by atoms with Crippen molar-refractivity contribution in [3.8, 4) is 44.7 Å². The molecule has 0 unspecified atom stereocenters. The van der Waals surface area contributed by atoms with E-state index in [1.54, 1.807) is 0 Å². The van der Waals surface area contributed by atoms with Gasteiger partial charge in [-0.2, -0.15) is 0 Å². The Morgan fingerprint density at radius 1 is 0.300 bits per heavy atom. The van der Waals surface area contributed by atoms with Crippen LogP contribution in [0, 0.1) is 0 Å². The zero-order valence-electron chi connectivity index (χ0n) is 27.4. The van der Waals surface area contributed by atoms with Crippen molar-refractivity contribution in [3.05, 3.63) is 200 Å². The Labute approximate surface area is 292 Å². The summed E-state index contributed by atoms with van der Waals surface area (Å²) in [7, 11) is 0. The van der Waals surface area contributed by atoms with E-state index in [-0.39, 0.29) is 0 Å². The smallest absolute Gasteiger partial charge is 0.135 e. The monoisotopic (exact) mass is 639 g/mol. The molecule has 0 fully saturated rings. The van der Waals surface area contributed by atoms with Crippen LogP contribution in [0.1, 0.15) is 0 Å². The number of hydrogen-bond acceptors (Lipinski definition) is 2. The number of nitrogens with zero attached hydrogens (tertiary/aromatic N) is 1. The SMILES string of the molecule is c1ccc(-c2ccccc2-c2ccc(N(c3ccccc3)c3ccc4cc(-c5cccc(-c6cc7ccccc7o6)c5)ccc4c3)cc2)cc1. The van der Waals surface area contributed by atoms with Crippen LogP contribution < -0.4 is 4.90 Å². The first-order valence-electron chi connectivity index (χ1n) is 17.0. The molecule has 2 nitrogen and oxygen atoms in total. The molecule has 0 atom stereocenters. The molecule has 0 radical (unpaired) electrons. The third-order valence-electron chi connectivity index (χ3n) is 9.45. The molecule has 1 aromatic heterocycles. The number of benzene rings is 8. The second-order valence-electron chi connectivity index (χ2n) is 12.6. The molecule has 1 heterocycles. The van der Waals surface area contributed by atoms with E-state index in [4.69, 9.17) is 4.42 Å². The van der Waals surface area contributed by atoms with Crippen LogP contribution in [0.5, 0.6) is 0 Å². The van der Waals surface area contributed by atoms with Crippen molar-refractivity contribution in [2.75, 3.05) is 4.90 Å². The predicted octanol–water partition coefficient (Wildman–Crippen LogP) is 13.7. The lowest BCUT2D eigenvalue weighted by Crippen LogP contribution is -2.09. The molecular weight excluding hydrogens is 607 g/mol. The van der Waals surface area contributed by atoms with Crippen LogP contribution in [-0.2, 0) is 0 Å². The van der Waals surface area contributed by atoms with E-state index in [0.717, 1.165) is 44.9 Å². The van der Waals surface area contributed by atoms with Gasteiger partial charge in [0.2, 0.25) is 0 Å². The summed E-state index contributed by atoms with van der Waals surface area (Å²) in [6.45, 7) is 0. The second-order valence-corrected chi connectivity index (χ2v) is 12.6. The van der Waals surface area contributed by atoms with Gasteiger partial charge in [-0.1, -0.05) is 140 Å². The van der Waals surface area contributed by atoms with Crippen molar-refractivity contribution in [2.45, 2.75) is 0 Å². The summed E-state index contributed by atoms with van der Waals surface area (Å²) < 4.78 is 6.17. The Bertz CT molecular complexity index is 2550. The molecule has 0 amide bonds. The van der Waals surface area contributed by atoms with Crippen molar-refractivity contribution in [1.29, 1.82) is 0 Å². The Balaban J connectivity index is 1.05. The van der Waals surface area contributed by atoms with Gasteiger partial charge in [-0.05, 0) is 105 Å². The van der Waals surface area contributed by atoms with Gasteiger partial charge >= 0.3 is 0 Å². The largest absolute Gasteiger partial charge is 0.456 e. The number of rotatable bonds is 7. The molecule has 50 heavy (non-hydrogen) atoms. The van der Waals surface area contributed by atoms with Crippen LogP contribution in [0.15, 0.2) is 205 Å². The molecule has 9 aromatic rings. The fourth-order valence-corrected chi connectivity index (χ4v) is 6.95. The van der Waals surface area contributed by atoms with Crippen molar-refractivity contribution in [2.24, 2.45) is 0 Å². The van der Waals surface area contributed by atoms with Crippen LogP contribution >= 0.6 is 0 Å². The summed E-state index contributed by atoms with van der Waals surface area (Å²) in [4.78, 5) is 2.33. The summed E-state index contributed by atoms with van der Waals surface area (Å²) in [5.41, 5.74) is 12.5. The van der Waals surface area contributed by atoms with Crippen LogP contribution in [-0.4, -0.2) is 0 Å². The fourth-order valence-electron chi connectivity index (χ4n) is 6.95. The number of hydrogen-bond donors (Lipinski definition) is 0. The maximum Gasteiger partial charge on any atom is 0.135 e. The van der Waals surface area contributed by atoms with Gasteiger partial charge in [0.05, 0.1) is 0 Å². The average molecular weight is 640 g/mol. The van der Waals surface area contributed by atoms with E-state index in [2.05, 4.69) is 187 Å². The molecule has 0 aliphatic rings. The average Bonchev–Trinajstić information content (AvgIpc) is 3.64. The van der Waals surface area contributed by atoms with Crippen molar-refractivity contribution >= 4 is 38.8 Å². The highest BCUT2D eigenvalue weighted by Crippen LogP contribution is 2.39.